The molecule has 7 nitrogen and oxygen atoms in total. The van der Waals surface area contributed by atoms with E-state index in [-0.39, 0.29) is 30.1 Å². The van der Waals surface area contributed by atoms with Crippen LogP contribution >= 0.6 is 24.0 Å². The number of halogens is 1. The lowest BCUT2D eigenvalue weighted by molar-refractivity contribution is 0.0963. The summed E-state index contributed by atoms with van der Waals surface area (Å²) in [6.45, 7) is 4.49. The van der Waals surface area contributed by atoms with Gasteiger partial charge >= 0.3 is 6.09 Å². The van der Waals surface area contributed by atoms with Crippen LogP contribution in [-0.4, -0.2) is 62.4 Å². The number of aliphatic imine (C=N–C) groups is 1. The molecule has 8 heteroatoms. The number of likely N-dealkylation sites (tertiary alicyclic amines) is 1. The molecule has 31 heavy (non-hydrogen) atoms. The molecule has 1 amide bonds. The summed E-state index contributed by atoms with van der Waals surface area (Å²) in [5.74, 6) is 1.79. The predicted molar refractivity (Wildman–Crippen MR) is 135 cm³/mol. The van der Waals surface area contributed by atoms with Gasteiger partial charge in [0.25, 0.3) is 0 Å². The summed E-state index contributed by atoms with van der Waals surface area (Å²) >= 11 is 0. The number of benzene rings is 1. The summed E-state index contributed by atoms with van der Waals surface area (Å²) in [5, 5.41) is 6.87. The van der Waals surface area contributed by atoms with Gasteiger partial charge in [0.15, 0.2) is 5.96 Å². The third kappa shape index (κ3) is 8.38. The Morgan fingerprint density at radius 2 is 1.81 bits per heavy atom. The lowest BCUT2D eigenvalue weighted by atomic mass is 10.1. The molecule has 174 valence electrons. The van der Waals surface area contributed by atoms with Crippen molar-refractivity contribution in [2.45, 2.75) is 64.0 Å². The first kappa shape index (κ1) is 25.5. The van der Waals surface area contributed by atoms with E-state index in [9.17, 15) is 4.79 Å². The van der Waals surface area contributed by atoms with E-state index in [1.807, 2.05) is 6.92 Å². The Labute approximate surface area is 203 Å². The van der Waals surface area contributed by atoms with Crippen molar-refractivity contribution in [2.24, 2.45) is 4.99 Å². The molecule has 3 rings (SSSR count). The third-order valence-corrected chi connectivity index (χ3v) is 5.82. The SMILES string of the molecule is CCOC(=O)N1CCC(NC(=NC)NCCc2ccc(OC3CCCC3)cc2)CC1.I. The zero-order chi connectivity index (χ0) is 21.2. The number of amides is 1. The summed E-state index contributed by atoms with van der Waals surface area (Å²) in [5.41, 5.74) is 1.28. The molecule has 1 aliphatic heterocycles. The molecule has 1 saturated heterocycles. The summed E-state index contributed by atoms with van der Waals surface area (Å²) < 4.78 is 11.1. The van der Waals surface area contributed by atoms with Crippen LogP contribution in [0.4, 0.5) is 4.79 Å². The molecule has 0 spiro atoms. The van der Waals surface area contributed by atoms with Crippen molar-refractivity contribution in [3.05, 3.63) is 29.8 Å². The first-order chi connectivity index (χ1) is 14.7. The number of rotatable bonds is 7. The molecule has 1 aromatic rings. The first-order valence-corrected chi connectivity index (χ1v) is 11.3. The highest BCUT2D eigenvalue weighted by Gasteiger charge is 2.24. The van der Waals surface area contributed by atoms with Gasteiger partial charge in [0.05, 0.1) is 12.7 Å². The molecular weight excluding hydrogens is 507 g/mol. The number of hydrogen-bond donors (Lipinski definition) is 2. The van der Waals surface area contributed by atoms with Crippen LogP contribution in [0.5, 0.6) is 5.75 Å². The fourth-order valence-corrected chi connectivity index (χ4v) is 4.07. The van der Waals surface area contributed by atoms with Crippen molar-refractivity contribution in [1.82, 2.24) is 15.5 Å². The van der Waals surface area contributed by atoms with Crippen molar-refractivity contribution in [3.63, 3.8) is 0 Å². The zero-order valence-corrected chi connectivity index (χ0v) is 21.1. The summed E-state index contributed by atoms with van der Waals surface area (Å²) in [4.78, 5) is 17.9. The van der Waals surface area contributed by atoms with Crippen LogP contribution in [0, 0.1) is 0 Å². The Balaban J connectivity index is 0.00000341. The lowest BCUT2D eigenvalue weighted by Gasteiger charge is -2.32. The molecule has 1 aliphatic carbocycles. The monoisotopic (exact) mass is 544 g/mol. The average Bonchev–Trinajstić information content (AvgIpc) is 3.28. The quantitative estimate of drug-likeness (QED) is 0.309. The van der Waals surface area contributed by atoms with Crippen LogP contribution < -0.4 is 15.4 Å². The van der Waals surface area contributed by atoms with Crippen LogP contribution in [0.1, 0.15) is 51.0 Å². The van der Waals surface area contributed by atoms with Gasteiger partial charge < -0.3 is 25.0 Å². The number of nitrogens with zero attached hydrogens (tertiary/aromatic N) is 2. The second-order valence-electron chi connectivity index (χ2n) is 8.02. The average molecular weight is 544 g/mol. The molecular formula is C23H37IN4O3. The molecule has 0 radical (unpaired) electrons. The van der Waals surface area contributed by atoms with Crippen LogP contribution in [0.25, 0.3) is 0 Å². The van der Waals surface area contributed by atoms with Crippen molar-refractivity contribution < 1.29 is 14.3 Å². The van der Waals surface area contributed by atoms with Gasteiger partial charge in [-0.3, -0.25) is 4.99 Å². The molecule has 1 aromatic carbocycles. The highest BCUT2D eigenvalue weighted by molar-refractivity contribution is 14.0. The molecule has 1 saturated carbocycles. The van der Waals surface area contributed by atoms with E-state index in [2.05, 4.69) is 39.9 Å². The van der Waals surface area contributed by atoms with Crippen molar-refractivity contribution in [3.8, 4) is 5.75 Å². The molecule has 0 bridgehead atoms. The Kier molecular flexibility index (Phi) is 11.2. The lowest BCUT2D eigenvalue weighted by Crippen LogP contribution is -2.50. The minimum Gasteiger partial charge on any atom is -0.490 e. The predicted octanol–water partition coefficient (Wildman–Crippen LogP) is 3.95. The molecule has 2 fully saturated rings. The highest BCUT2D eigenvalue weighted by atomic mass is 127. The number of piperidine rings is 1. The number of ether oxygens (including phenoxy) is 2. The van der Waals surface area contributed by atoms with Gasteiger partial charge in [-0.15, -0.1) is 24.0 Å². The second-order valence-corrected chi connectivity index (χ2v) is 8.02. The minimum atomic E-state index is -0.210. The summed E-state index contributed by atoms with van der Waals surface area (Å²) in [6, 6.07) is 8.77. The van der Waals surface area contributed by atoms with E-state index >= 15 is 0 Å². The Morgan fingerprint density at radius 1 is 1.13 bits per heavy atom. The fourth-order valence-electron chi connectivity index (χ4n) is 4.07. The summed E-state index contributed by atoms with van der Waals surface area (Å²) in [6.07, 6.45) is 7.83. The molecule has 0 atom stereocenters. The largest absolute Gasteiger partial charge is 0.490 e. The molecule has 0 aromatic heterocycles. The van der Waals surface area contributed by atoms with Gasteiger partial charge in [-0.05, 0) is 69.6 Å². The highest BCUT2D eigenvalue weighted by Crippen LogP contribution is 2.24. The van der Waals surface area contributed by atoms with E-state index in [1.165, 1.54) is 31.2 Å². The van der Waals surface area contributed by atoms with E-state index in [0.717, 1.165) is 37.5 Å². The van der Waals surface area contributed by atoms with Crippen molar-refractivity contribution >= 4 is 36.0 Å². The number of nitrogens with one attached hydrogen (secondary N) is 2. The van der Waals surface area contributed by atoms with Gasteiger partial charge in [-0.2, -0.15) is 0 Å². The number of hydrogen-bond acceptors (Lipinski definition) is 4. The Morgan fingerprint density at radius 3 is 2.42 bits per heavy atom. The van der Waals surface area contributed by atoms with Crippen LogP contribution in [0.15, 0.2) is 29.3 Å². The smallest absolute Gasteiger partial charge is 0.409 e. The third-order valence-electron chi connectivity index (χ3n) is 5.82. The van der Waals surface area contributed by atoms with E-state index in [1.54, 1.807) is 11.9 Å². The van der Waals surface area contributed by atoms with Gasteiger partial charge in [-0.25, -0.2) is 4.79 Å². The number of carbonyl (C=O) groups is 1. The Bertz CT molecular complexity index is 685. The van der Waals surface area contributed by atoms with Crippen molar-refractivity contribution in [1.29, 1.82) is 0 Å². The maximum atomic E-state index is 11.8. The van der Waals surface area contributed by atoms with E-state index in [4.69, 9.17) is 9.47 Å². The second kappa shape index (κ2) is 13.6. The molecule has 1 heterocycles. The van der Waals surface area contributed by atoms with Crippen LogP contribution in [0.2, 0.25) is 0 Å². The maximum Gasteiger partial charge on any atom is 0.409 e. The van der Waals surface area contributed by atoms with Gasteiger partial charge in [0.2, 0.25) is 0 Å². The normalized spacial score (nSPS) is 17.7. The first-order valence-electron chi connectivity index (χ1n) is 11.3. The maximum absolute atomic E-state index is 11.8. The molecule has 2 aliphatic rings. The topological polar surface area (TPSA) is 75.2 Å². The standard InChI is InChI=1S/C23H36N4O3.HI/c1-3-29-23(28)27-16-13-19(14-17-27)26-22(24-2)25-15-12-18-8-10-21(11-9-18)30-20-6-4-5-7-20;/h8-11,19-20H,3-7,12-17H2,1-2H3,(H2,24,25,26);1H. The number of carbonyl (C=O) groups excluding carboxylic acids is 1. The summed E-state index contributed by atoms with van der Waals surface area (Å²) in [7, 11) is 1.79. The number of guanidine groups is 1. The fraction of sp³-hybridized carbons (Fsp3) is 0.652. The molecule has 2 N–H and O–H groups in total. The Hall–Kier alpha value is -1.71. The van der Waals surface area contributed by atoms with E-state index < -0.39 is 0 Å². The minimum absolute atomic E-state index is 0. The molecule has 0 unspecified atom stereocenters. The van der Waals surface area contributed by atoms with Gasteiger partial charge in [-0.1, -0.05) is 12.1 Å². The zero-order valence-electron chi connectivity index (χ0n) is 18.8. The van der Waals surface area contributed by atoms with Crippen LogP contribution in [-0.2, 0) is 11.2 Å². The van der Waals surface area contributed by atoms with Crippen molar-refractivity contribution in [2.75, 3.05) is 33.3 Å². The van der Waals surface area contributed by atoms with E-state index in [0.29, 0.717) is 31.8 Å². The van der Waals surface area contributed by atoms with Gasteiger partial charge in [0, 0.05) is 32.7 Å². The van der Waals surface area contributed by atoms with Gasteiger partial charge in [0.1, 0.15) is 5.75 Å². The van der Waals surface area contributed by atoms with Crippen LogP contribution in [0.3, 0.4) is 0 Å².